The van der Waals surface area contributed by atoms with E-state index in [1.54, 1.807) is 0 Å². The minimum Gasteiger partial charge on any atom is -0.550 e. The van der Waals surface area contributed by atoms with E-state index in [1.807, 2.05) is 0 Å². The number of carbonyl (C=O) groups excluding carboxylic acids is 2. The van der Waals surface area contributed by atoms with E-state index >= 15 is 0 Å². The molecule has 1 aliphatic rings. The molecule has 0 aromatic heterocycles. The highest BCUT2D eigenvalue weighted by Gasteiger charge is 2.32. The number of hydrogen-bond acceptors (Lipinski definition) is 4. The molecule has 0 saturated heterocycles. The fourth-order valence-corrected chi connectivity index (χ4v) is 1.85. The molecule has 1 aliphatic carbocycles. The summed E-state index contributed by atoms with van der Waals surface area (Å²) in [6.45, 7) is 0. The quantitative estimate of drug-likeness (QED) is 0.555. The highest BCUT2D eigenvalue weighted by Crippen LogP contribution is 2.30. The van der Waals surface area contributed by atoms with Crippen molar-refractivity contribution in [2.75, 3.05) is 7.11 Å². The Hall–Kier alpha value is -1.06. The van der Waals surface area contributed by atoms with E-state index < -0.39 is 23.8 Å². The maximum absolute atomic E-state index is 11.2. The Bertz CT molecular complexity index is 212. The second-order valence-electron chi connectivity index (χ2n) is 3.34. The molecule has 0 N–H and O–H groups in total. The van der Waals surface area contributed by atoms with Crippen LogP contribution in [0.15, 0.2) is 0 Å². The lowest BCUT2D eigenvalue weighted by atomic mass is 9.79. The summed E-state index contributed by atoms with van der Waals surface area (Å²) in [6, 6.07) is 0. The van der Waals surface area contributed by atoms with Gasteiger partial charge in [-0.2, -0.15) is 0 Å². The van der Waals surface area contributed by atoms with Crippen LogP contribution in [-0.2, 0) is 14.3 Å². The molecule has 74 valence electrons. The molecule has 4 nitrogen and oxygen atoms in total. The summed E-state index contributed by atoms with van der Waals surface area (Å²) in [4.78, 5) is 21.8. The average Bonchev–Trinajstić information content (AvgIpc) is 2.16. The Morgan fingerprint density at radius 1 is 1.23 bits per heavy atom. The predicted octanol–water partition coefficient (Wildman–Crippen LogP) is -0.284. The van der Waals surface area contributed by atoms with Crippen LogP contribution in [0.3, 0.4) is 0 Å². The summed E-state index contributed by atoms with van der Waals surface area (Å²) in [6.07, 6.45) is 2.88. The van der Waals surface area contributed by atoms with E-state index in [9.17, 15) is 14.7 Å². The lowest BCUT2D eigenvalue weighted by molar-refractivity contribution is -0.314. The molecule has 0 heterocycles. The van der Waals surface area contributed by atoms with Crippen LogP contribution in [0.2, 0.25) is 0 Å². The Balaban J connectivity index is 2.67. The van der Waals surface area contributed by atoms with Gasteiger partial charge < -0.3 is 14.6 Å². The number of carboxylic acids is 1. The highest BCUT2D eigenvalue weighted by molar-refractivity contribution is 5.80. The van der Waals surface area contributed by atoms with Crippen LogP contribution in [0.4, 0.5) is 0 Å². The van der Waals surface area contributed by atoms with Gasteiger partial charge in [0.15, 0.2) is 0 Å². The van der Waals surface area contributed by atoms with Crippen LogP contribution in [-0.4, -0.2) is 19.0 Å². The van der Waals surface area contributed by atoms with Crippen molar-refractivity contribution in [3.63, 3.8) is 0 Å². The van der Waals surface area contributed by atoms with Gasteiger partial charge in [-0.3, -0.25) is 4.79 Å². The van der Waals surface area contributed by atoms with E-state index in [-0.39, 0.29) is 0 Å². The van der Waals surface area contributed by atoms with Crippen molar-refractivity contribution in [2.24, 2.45) is 11.8 Å². The molecule has 0 aromatic rings. The zero-order valence-corrected chi connectivity index (χ0v) is 7.62. The lowest BCUT2D eigenvalue weighted by Crippen LogP contribution is -2.41. The first-order chi connectivity index (χ1) is 6.16. The van der Waals surface area contributed by atoms with Gasteiger partial charge in [0.2, 0.25) is 0 Å². The van der Waals surface area contributed by atoms with Crippen LogP contribution in [0.1, 0.15) is 25.7 Å². The Labute approximate surface area is 76.9 Å². The smallest absolute Gasteiger partial charge is 0.309 e. The van der Waals surface area contributed by atoms with E-state index in [2.05, 4.69) is 4.74 Å². The van der Waals surface area contributed by atoms with Gasteiger partial charge in [0.05, 0.1) is 13.0 Å². The van der Waals surface area contributed by atoms with Gasteiger partial charge in [0.25, 0.3) is 0 Å². The van der Waals surface area contributed by atoms with E-state index in [0.717, 1.165) is 12.8 Å². The molecule has 0 unspecified atom stereocenters. The molecule has 0 spiro atoms. The third-order valence-corrected chi connectivity index (χ3v) is 2.57. The van der Waals surface area contributed by atoms with Crippen molar-refractivity contribution in [1.82, 2.24) is 0 Å². The molecule has 0 bridgehead atoms. The lowest BCUT2D eigenvalue weighted by Gasteiger charge is -2.29. The summed E-state index contributed by atoms with van der Waals surface area (Å²) in [5.74, 6) is -2.70. The zero-order chi connectivity index (χ0) is 9.84. The van der Waals surface area contributed by atoms with Crippen molar-refractivity contribution < 1.29 is 19.4 Å². The van der Waals surface area contributed by atoms with Crippen LogP contribution in [0.25, 0.3) is 0 Å². The van der Waals surface area contributed by atoms with Crippen molar-refractivity contribution in [3.8, 4) is 0 Å². The molecule has 1 fully saturated rings. The number of carboxylic acid groups (broad SMARTS) is 1. The molecule has 2 atom stereocenters. The van der Waals surface area contributed by atoms with Crippen molar-refractivity contribution in [3.05, 3.63) is 0 Å². The summed E-state index contributed by atoms with van der Waals surface area (Å²) in [7, 11) is 1.28. The van der Waals surface area contributed by atoms with Gasteiger partial charge in [-0.1, -0.05) is 12.8 Å². The standard InChI is InChI=1S/C9H14O4/c1-13-9(12)7-5-3-2-4-6(7)8(10)11/h6-7H,2-5H2,1H3,(H,10,11)/p-1/t6-,7+/m0/s1. The average molecular weight is 185 g/mol. The minimum absolute atomic E-state index is 0.422. The van der Waals surface area contributed by atoms with E-state index in [0.29, 0.717) is 12.8 Å². The molecular formula is C9H13O4-. The minimum atomic E-state index is -1.13. The van der Waals surface area contributed by atoms with Crippen molar-refractivity contribution >= 4 is 11.9 Å². The molecule has 1 rings (SSSR count). The molecule has 0 aromatic carbocycles. The number of carbonyl (C=O) groups is 2. The van der Waals surface area contributed by atoms with Crippen LogP contribution >= 0.6 is 0 Å². The first kappa shape index (κ1) is 10.0. The maximum atomic E-state index is 11.2. The third kappa shape index (κ3) is 2.20. The number of esters is 1. The summed E-state index contributed by atoms with van der Waals surface area (Å²) >= 11 is 0. The second-order valence-corrected chi connectivity index (χ2v) is 3.34. The van der Waals surface area contributed by atoms with Gasteiger partial charge in [-0.25, -0.2) is 0 Å². The van der Waals surface area contributed by atoms with Crippen LogP contribution in [0.5, 0.6) is 0 Å². The SMILES string of the molecule is COC(=O)[C@@H]1CCCC[C@@H]1C(=O)[O-]. The number of rotatable bonds is 2. The van der Waals surface area contributed by atoms with Gasteiger partial charge >= 0.3 is 5.97 Å². The first-order valence-electron chi connectivity index (χ1n) is 4.45. The molecule has 0 aliphatic heterocycles. The number of aliphatic carboxylic acids is 1. The number of ether oxygens (including phenoxy) is 1. The van der Waals surface area contributed by atoms with Crippen molar-refractivity contribution in [1.29, 1.82) is 0 Å². The molecule has 1 saturated carbocycles. The van der Waals surface area contributed by atoms with Crippen LogP contribution < -0.4 is 5.11 Å². The Kier molecular flexibility index (Phi) is 3.28. The summed E-state index contributed by atoms with van der Waals surface area (Å²) in [5.41, 5.74) is 0. The Morgan fingerprint density at radius 3 is 2.23 bits per heavy atom. The van der Waals surface area contributed by atoms with Crippen LogP contribution in [0, 0.1) is 11.8 Å². The fourth-order valence-electron chi connectivity index (χ4n) is 1.85. The molecule has 0 amide bonds. The van der Waals surface area contributed by atoms with Gasteiger partial charge in [-0.05, 0) is 12.8 Å². The largest absolute Gasteiger partial charge is 0.550 e. The predicted molar refractivity (Wildman–Crippen MR) is 42.5 cm³/mol. The zero-order valence-electron chi connectivity index (χ0n) is 7.62. The summed E-state index contributed by atoms with van der Waals surface area (Å²) < 4.78 is 4.54. The van der Waals surface area contributed by atoms with Gasteiger partial charge in [-0.15, -0.1) is 0 Å². The van der Waals surface area contributed by atoms with E-state index in [1.165, 1.54) is 7.11 Å². The Morgan fingerprint density at radius 2 is 1.77 bits per heavy atom. The van der Waals surface area contributed by atoms with Gasteiger partial charge in [0.1, 0.15) is 0 Å². The molecule has 4 heteroatoms. The van der Waals surface area contributed by atoms with Crippen molar-refractivity contribution in [2.45, 2.75) is 25.7 Å². The molecule has 13 heavy (non-hydrogen) atoms. The monoisotopic (exact) mass is 185 g/mol. The highest BCUT2D eigenvalue weighted by atomic mass is 16.5. The van der Waals surface area contributed by atoms with Gasteiger partial charge in [0, 0.05) is 11.9 Å². The molecular weight excluding hydrogens is 172 g/mol. The third-order valence-electron chi connectivity index (χ3n) is 2.57. The number of hydrogen-bond donors (Lipinski definition) is 0. The maximum Gasteiger partial charge on any atom is 0.309 e. The summed E-state index contributed by atoms with van der Waals surface area (Å²) in [5, 5.41) is 10.7. The fraction of sp³-hybridized carbons (Fsp3) is 0.778. The number of methoxy groups -OCH3 is 1. The molecule has 0 radical (unpaired) electrons. The normalized spacial score (nSPS) is 28.1. The topological polar surface area (TPSA) is 66.4 Å². The second kappa shape index (κ2) is 4.25. The first-order valence-corrected chi connectivity index (χ1v) is 4.45. The van der Waals surface area contributed by atoms with E-state index in [4.69, 9.17) is 0 Å².